The van der Waals surface area contributed by atoms with Gasteiger partial charge in [-0.15, -0.1) is 0 Å². The van der Waals surface area contributed by atoms with Crippen LogP contribution < -0.4 is 20.1 Å². The van der Waals surface area contributed by atoms with Gasteiger partial charge in [-0.2, -0.15) is 0 Å². The van der Waals surface area contributed by atoms with Crippen molar-refractivity contribution in [3.05, 3.63) is 64.9 Å². The standard InChI is InChI=1S/C22H24N2O4/c1-3-4-11-23-22(26)18(24-21(25)17-8-5-15(2)6-9-17)12-16-7-10-19-20(13-16)28-14-27-19/h5-10,12-13H,3-4,11,14H2,1-2H3,(H,23,26)(H,24,25)/b18-12+. The number of rotatable bonds is 7. The van der Waals surface area contributed by atoms with E-state index < -0.39 is 0 Å². The van der Waals surface area contributed by atoms with Gasteiger partial charge in [0.2, 0.25) is 6.79 Å². The smallest absolute Gasteiger partial charge is 0.267 e. The summed E-state index contributed by atoms with van der Waals surface area (Å²) >= 11 is 0. The molecule has 0 unspecified atom stereocenters. The van der Waals surface area contributed by atoms with Gasteiger partial charge in [0.1, 0.15) is 5.70 Å². The molecule has 6 nitrogen and oxygen atoms in total. The zero-order valence-corrected chi connectivity index (χ0v) is 16.1. The number of unbranched alkanes of at least 4 members (excludes halogenated alkanes) is 1. The molecular weight excluding hydrogens is 356 g/mol. The van der Waals surface area contributed by atoms with Crippen molar-refractivity contribution in [3.8, 4) is 11.5 Å². The molecule has 0 saturated carbocycles. The van der Waals surface area contributed by atoms with Crippen LogP contribution in [0.4, 0.5) is 0 Å². The van der Waals surface area contributed by atoms with E-state index in [4.69, 9.17) is 9.47 Å². The molecule has 0 saturated heterocycles. The van der Waals surface area contributed by atoms with E-state index in [9.17, 15) is 9.59 Å². The molecule has 1 aliphatic rings. The first-order valence-electron chi connectivity index (χ1n) is 9.34. The Morgan fingerprint density at radius 2 is 1.82 bits per heavy atom. The minimum absolute atomic E-state index is 0.178. The Bertz CT molecular complexity index is 888. The molecule has 0 aliphatic carbocycles. The van der Waals surface area contributed by atoms with Gasteiger partial charge in [-0.25, -0.2) is 0 Å². The lowest BCUT2D eigenvalue weighted by Crippen LogP contribution is -2.35. The number of ether oxygens (including phenoxy) is 2. The topological polar surface area (TPSA) is 76.7 Å². The van der Waals surface area contributed by atoms with Crippen LogP contribution in [0.3, 0.4) is 0 Å². The Labute approximate surface area is 164 Å². The van der Waals surface area contributed by atoms with Crippen molar-refractivity contribution >= 4 is 17.9 Å². The van der Waals surface area contributed by atoms with Crippen LogP contribution in [-0.4, -0.2) is 25.2 Å². The zero-order chi connectivity index (χ0) is 19.9. The molecule has 0 radical (unpaired) electrons. The number of hydrogen-bond donors (Lipinski definition) is 2. The SMILES string of the molecule is CCCCNC(=O)/C(=C\c1ccc2c(c1)OCO2)NC(=O)c1ccc(C)cc1. The Hall–Kier alpha value is -3.28. The summed E-state index contributed by atoms with van der Waals surface area (Å²) in [5, 5.41) is 5.58. The van der Waals surface area contributed by atoms with Gasteiger partial charge in [0, 0.05) is 12.1 Å². The third-order valence-corrected chi connectivity index (χ3v) is 4.33. The summed E-state index contributed by atoms with van der Waals surface area (Å²) < 4.78 is 10.7. The van der Waals surface area contributed by atoms with Crippen LogP contribution in [0.25, 0.3) is 6.08 Å². The van der Waals surface area contributed by atoms with Gasteiger partial charge in [0.05, 0.1) is 0 Å². The number of fused-ring (bicyclic) bond motifs is 1. The van der Waals surface area contributed by atoms with Crippen molar-refractivity contribution in [1.82, 2.24) is 10.6 Å². The molecule has 1 aliphatic heterocycles. The maximum Gasteiger partial charge on any atom is 0.267 e. The molecule has 2 aromatic carbocycles. The van der Waals surface area contributed by atoms with Crippen molar-refractivity contribution < 1.29 is 19.1 Å². The van der Waals surface area contributed by atoms with Gasteiger partial charge in [-0.05, 0) is 49.2 Å². The summed E-state index contributed by atoms with van der Waals surface area (Å²) in [7, 11) is 0. The monoisotopic (exact) mass is 380 g/mol. The Kier molecular flexibility index (Phi) is 6.32. The fraction of sp³-hybridized carbons (Fsp3) is 0.273. The second-order valence-corrected chi connectivity index (χ2v) is 6.60. The molecule has 0 atom stereocenters. The van der Waals surface area contributed by atoms with Gasteiger partial charge < -0.3 is 20.1 Å². The highest BCUT2D eigenvalue weighted by atomic mass is 16.7. The molecule has 1 heterocycles. The lowest BCUT2D eigenvalue weighted by Gasteiger charge is -2.11. The Morgan fingerprint density at radius 3 is 2.57 bits per heavy atom. The van der Waals surface area contributed by atoms with Crippen LogP contribution >= 0.6 is 0 Å². The molecule has 28 heavy (non-hydrogen) atoms. The van der Waals surface area contributed by atoms with E-state index in [1.807, 2.05) is 25.1 Å². The molecule has 0 fully saturated rings. The molecule has 3 rings (SSSR count). The maximum atomic E-state index is 12.6. The van der Waals surface area contributed by atoms with Crippen molar-refractivity contribution in [2.45, 2.75) is 26.7 Å². The molecule has 2 aromatic rings. The molecule has 6 heteroatoms. The largest absolute Gasteiger partial charge is 0.454 e. The molecule has 2 N–H and O–H groups in total. The molecule has 2 amide bonds. The van der Waals surface area contributed by atoms with Gasteiger partial charge in [-0.1, -0.05) is 37.1 Å². The van der Waals surface area contributed by atoms with E-state index in [0.717, 1.165) is 24.0 Å². The summed E-state index contributed by atoms with van der Waals surface area (Å²) in [6.45, 7) is 4.73. The first kappa shape index (κ1) is 19.5. The summed E-state index contributed by atoms with van der Waals surface area (Å²) in [4.78, 5) is 25.2. The van der Waals surface area contributed by atoms with Crippen LogP contribution in [0.2, 0.25) is 0 Å². The third-order valence-electron chi connectivity index (χ3n) is 4.33. The summed E-state index contributed by atoms with van der Waals surface area (Å²) in [6.07, 6.45) is 3.47. The van der Waals surface area contributed by atoms with Crippen molar-refractivity contribution in [1.29, 1.82) is 0 Å². The highest BCUT2D eigenvalue weighted by Crippen LogP contribution is 2.33. The molecular formula is C22H24N2O4. The van der Waals surface area contributed by atoms with E-state index in [2.05, 4.69) is 17.6 Å². The number of aryl methyl sites for hydroxylation is 1. The minimum Gasteiger partial charge on any atom is -0.454 e. The van der Waals surface area contributed by atoms with Crippen LogP contribution in [0.1, 0.15) is 41.3 Å². The predicted molar refractivity (Wildman–Crippen MR) is 107 cm³/mol. The highest BCUT2D eigenvalue weighted by Gasteiger charge is 2.16. The fourth-order valence-electron chi connectivity index (χ4n) is 2.70. The molecule has 0 aromatic heterocycles. The van der Waals surface area contributed by atoms with Gasteiger partial charge in [-0.3, -0.25) is 9.59 Å². The quantitative estimate of drug-likeness (QED) is 0.570. The molecule has 0 bridgehead atoms. The van der Waals surface area contributed by atoms with Crippen molar-refractivity contribution in [3.63, 3.8) is 0 Å². The Morgan fingerprint density at radius 1 is 1.07 bits per heavy atom. The van der Waals surface area contributed by atoms with Crippen LogP contribution in [0, 0.1) is 6.92 Å². The number of carbonyl (C=O) groups is 2. The summed E-state index contributed by atoms with van der Waals surface area (Å²) in [6, 6.07) is 12.6. The number of benzene rings is 2. The van der Waals surface area contributed by atoms with E-state index in [0.29, 0.717) is 23.6 Å². The average molecular weight is 380 g/mol. The van der Waals surface area contributed by atoms with E-state index in [1.165, 1.54) is 0 Å². The van der Waals surface area contributed by atoms with E-state index in [1.54, 1.807) is 30.3 Å². The van der Waals surface area contributed by atoms with E-state index in [-0.39, 0.29) is 24.3 Å². The first-order chi connectivity index (χ1) is 13.6. The van der Waals surface area contributed by atoms with E-state index >= 15 is 0 Å². The molecule has 0 spiro atoms. The predicted octanol–water partition coefficient (Wildman–Crippen LogP) is 3.41. The average Bonchev–Trinajstić information content (AvgIpc) is 3.16. The van der Waals surface area contributed by atoms with Gasteiger partial charge in [0.15, 0.2) is 11.5 Å². The lowest BCUT2D eigenvalue weighted by molar-refractivity contribution is -0.117. The second-order valence-electron chi connectivity index (χ2n) is 6.60. The number of nitrogens with one attached hydrogen (secondary N) is 2. The maximum absolute atomic E-state index is 12.6. The summed E-state index contributed by atoms with van der Waals surface area (Å²) in [5.41, 5.74) is 2.46. The number of amides is 2. The van der Waals surface area contributed by atoms with Crippen molar-refractivity contribution in [2.24, 2.45) is 0 Å². The van der Waals surface area contributed by atoms with Gasteiger partial charge in [0.25, 0.3) is 11.8 Å². The Balaban J connectivity index is 1.82. The lowest BCUT2D eigenvalue weighted by atomic mass is 10.1. The van der Waals surface area contributed by atoms with Gasteiger partial charge >= 0.3 is 0 Å². The highest BCUT2D eigenvalue weighted by molar-refractivity contribution is 6.05. The van der Waals surface area contributed by atoms with Crippen molar-refractivity contribution in [2.75, 3.05) is 13.3 Å². The zero-order valence-electron chi connectivity index (χ0n) is 16.1. The normalized spacial score (nSPS) is 12.6. The molecule has 146 valence electrons. The minimum atomic E-state index is -0.336. The third kappa shape index (κ3) is 4.91. The summed E-state index contributed by atoms with van der Waals surface area (Å²) in [5.74, 6) is 0.614. The number of hydrogen-bond acceptors (Lipinski definition) is 4. The fourth-order valence-corrected chi connectivity index (χ4v) is 2.70. The first-order valence-corrected chi connectivity index (χ1v) is 9.34. The second kappa shape index (κ2) is 9.08. The van der Waals surface area contributed by atoms with Crippen LogP contribution in [0.5, 0.6) is 11.5 Å². The number of carbonyl (C=O) groups excluding carboxylic acids is 2. The van der Waals surface area contributed by atoms with Crippen LogP contribution in [0.15, 0.2) is 48.2 Å². The van der Waals surface area contributed by atoms with Crippen LogP contribution in [-0.2, 0) is 4.79 Å².